The standard InChI is InChI=1S/C12H23N3O2/c1-3-11(16)14-6-5-7-15(9-8-14)12(17)10-13-4-2/h13H,3-10H2,1-2H3. The first-order valence-electron chi connectivity index (χ1n) is 6.45. The molecule has 1 aliphatic heterocycles. The van der Waals surface area contributed by atoms with Crippen LogP contribution in [0.15, 0.2) is 0 Å². The number of nitrogens with zero attached hydrogens (tertiary/aromatic N) is 2. The Hall–Kier alpha value is -1.10. The van der Waals surface area contributed by atoms with Gasteiger partial charge in [0.25, 0.3) is 0 Å². The first-order chi connectivity index (χ1) is 8.19. The van der Waals surface area contributed by atoms with Crippen LogP contribution in [0.5, 0.6) is 0 Å². The van der Waals surface area contributed by atoms with Crippen molar-refractivity contribution in [2.75, 3.05) is 39.3 Å². The van der Waals surface area contributed by atoms with Gasteiger partial charge in [0.2, 0.25) is 11.8 Å². The van der Waals surface area contributed by atoms with Gasteiger partial charge in [-0.2, -0.15) is 0 Å². The maximum atomic E-state index is 11.8. The molecule has 0 bridgehead atoms. The highest BCUT2D eigenvalue weighted by atomic mass is 16.2. The largest absolute Gasteiger partial charge is 0.341 e. The fraction of sp³-hybridized carbons (Fsp3) is 0.833. The third kappa shape index (κ3) is 4.34. The molecule has 17 heavy (non-hydrogen) atoms. The average molecular weight is 241 g/mol. The second kappa shape index (κ2) is 7.27. The van der Waals surface area contributed by atoms with Gasteiger partial charge in [-0.15, -0.1) is 0 Å². The molecule has 1 fully saturated rings. The molecular weight excluding hydrogens is 218 g/mol. The molecule has 0 aromatic carbocycles. The molecule has 0 unspecified atom stereocenters. The first-order valence-corrected chi connectivity index (χ1v) is 6.45. The summed E-state index contributed by atoms with van der Waals surface area (Å²) in [5.74, 6) is 0.323. The third-order valence-corrected chi connectivity index (χ3v) is 3.03. The van der Waals surface area contributed by atoms with Gasteiger partial charge in [0.1, 0.15) is 0 Å². The maximum absolute atomic E-state index is 11.8. The van der Waals surface area contributed by atoms with E-state index in [-0.39, 0.29) is 11.8 Å². The fourth-order valence-corrected chi connectivity index (χ4v) is 1.98. The summed E-state index contributed by atoms with van der Waals surface area (Å²) in [5.41, 5.74) is 0. The van der Waals surface area contributed by atoms with Crippen LogP contribution in [-0.2, 0) is 9.59 Å². The Balaban J connectivity index is 2.41. The Bertz CT molecular complexity index is 268. The molecule has 1 aliphatic rings. The van der Waals surface area contributed by atoms with Crippen LogP contribution in [0.25, 0.3) is 0 Å². The predicted octanol–water partition coefficient (Wildman–Crippen LogP) is 0.0668. The van der Waals surface area contributed by atoms with Gasteiger partial charge in [-0.25, -0.2) is 0 Å². The lowest BCUT2D eigenvalue weighted by atomic mass is 10.3. The zero-order valence-corrected chi connectivity index (χ0v) is 10.9. The van der Waals surface area contributed by atoms with Crippen molar-refractivity contribution in [1.29, 1.82) is 0 Å². The number of nitrogens with one attached hydrogen (secondary N) is 1. The van der Waals surface area contributed by atoms with Crippen molar-refractivity contribution in [3.05, 3.63) is 0 Å². The Morgan fingerprint density at radius 1 is 1.00 bits per heavy atom. The molecule has 1 saturated heterocycles. The molecule has 0 saturated carbocycles. The molecule has 5 nitrogen and oxygen atoms in total. The minimum absolute atomic E-state index is 0.137. The number of carbonyl (C=O) groups excluding carboxylic acids is 2. The molecule has 0 aromatic heterocycles. The van der Waals surface area contributed by atoms with Crippen molar-refractivity contribution in [2.24, 2.45) is 0 Å². The highest BCUT2D eigenvalue weighted by molar-refractivity contribution is 5.79. The van der Waals surface area contributed by atoms with E-state index in [2.05, 4.69) is 5.32 Å². The molecular formula is C12H23N3O2. The van der Waals surface area contributed by atoms with Crippen LogP contribution in [0.3, 0.4) is 0 Å². The van der Waals surface area contributed by atoms with Gasteiger partial charge in [-0.05, 0) is 13.0 Å². The zero-order valence-electron chi connectivity index (χ0n) is 10.9. The SMILES string of the molecule is CCNCC(=O)N1CCCN(C(=O)CC)CC1. The van der Waals surface area contributed by atoms with Crippen LogP contribution in [0.1, 0.15) is 26.7 Å². The van der Waals surface area contributed by atoms with E-state index in [1.54, 1.807) is 0 Å². The Labute approximate surface area is 103 Å². The Kier molecular flexibility index (Phi) is 5.97. The van der Waals surface area contributed by atoms with Crippen LogP contribution >= 0.6 is 0 Å². The summed E-state index contributed by atoms with van der Waals surface area (Å²) in [4.78, 5) is 27.1. The second-order valence-corrected chi connectivity index (χ2v) is 4.25. The van der Waals surface area contributed by atoms with Crippen molar-refractivity contribution in [2.45, 2.75) is 26.7 Å². The molecule has 0 aliphatic carbocycles. The van der Waals surface area contributed by atoms with Crippen LogP contribution in [0.4, 0.5) is 0 Å². The molecule has 0 atom stereocenters. The van der Waals surface area contributed by atoms with Crippen molar-refractivity contribution in [1.82, 2.24) is 15.1 Å². The monoisotopic (exact) mass is 241 g/mol. The Morgan fingerprint density at radius 3 is 2.12 bits per heavy atom. The average Bonchev–Trinajstić information content (AvgIpc) is 2.60. The van der Waals surface area contributed by atoms with Crippen LogP contribution in [-0.4, -0.2) is 60.9 Å². The van der Waals surface area contributed by atoms with Crippen LogP contribution < -0.4 is 5.32 Å². The van der Waals surface area contributed by atoms with Gasteiger partial charge < -0.3 is 15.1 Å². The smallest absolute Gasteiger partial charge is 0.236 e. The molecule has 0 spiro atoms. The number of hydrogen-bond donors (Lipinski definition) is 1. The van der Waals surface area contributed by atoms with Gasteiger partial charge in [0.15, 0.2) is 0 Å². The van der Waals surface area contributed by atoms with Crippen LogP contribution in [0, 0.1) is 0 Å². The lowest BCUT2D eigenvalue weighted by molar-refractivity contribution is -0.132. The summed E-state index contributed by atoms with van der Waals surface area (Å²) in [6.45, 7) is 7.94. The van der Waals surface area contributed by atoms with E-state index in [0.29, 0.717) is 26.1 Å². The summed E-state index contributed by atoms with van der Waals surface area (Å²) in [6.07, 6.45) is 1.43. The van der Waals surface area contributed by atoms with Crippen LogP contribution in [0.2, 0.25) is 0 Å². The number of rotatable bonds is 4. The highest BCUT2D eigenvalue weighted by Gasteiger charge is 2.20. The van der Waals surface area contributed by atoms with Gasteiger partial charge in [0, 0.05) is 32.6 Å². The van der Waals surface area contributed by atoms with Gasteiger partial charge in [-0.1, -0.05) is 13.8 Å². The fourth-order valence-electron chi connectivity index (χ4n) is 1.98. The van der Waals surface area contributed by atoms with Gasteiger partial charge in [0.05, 0.1) is 6.54 Å². The van der Waals surface area contributed by atoms with Crippen molar-refractivity contribution in [3.8, 4) is 0 Å². The van der Waals surface area contributed by atoms with E-state index < -0.39 is 0 Å². The molecule has 1 N–H and O–H groups in total. The molecule has 1 rings (SSSR count). The summed E-state index contributed by atoms with van der Waals surface area (Å²) >= 11 is 0. The number of carbonyl (C=O) groups is 2. The first kappa shape index (κ1) is 14.0. The lowest BCUT2D eigenvalue weighted by Crippen LogP contribution is -2.41. The second-order valence-electron chi connectivity index (χ2n) is 4.25. The van der Waals surface area contributed by atoms with Crippen molar-refractivity contribution in [3.63, 3.8) is 0 Å². The third-order valence-electron chi connectivity index (χ3n) is 3.03. The molecule has 0 aromatic rings. The van der Waals surface area contributed by atoms with E-state index in [1.165, 1.54) is 0 Å². The normalized spacial score (nSPS) is 16.8. The molecule has 2 amide bonds. The predicted molar refractivity (Wildman–Crippen MR) is 66.6 cm³/mol. The number of likely N-dealkylation sites (N-methyl/N-ethyl adjacent to an activating group) is 1. The summed E-state index contributed by atoms with van der Waals surface area (Å²) in [7, 11) is 0. The van der Waals surface area contributed by atoms with E-state index in [4.69, 9.17) is 0 Å². The number of hydrogen-bond acceptors (Lipinski definition) is 3. The quantitative estimate of drug-likeness (QED) is 0.757. The maximum Gasteiger partial charge on any atom is 0.236 e. The van der Waals surface area contributed by atoms with E-state index >= 15 is 0 Å². The topological polar surface area (TPSA) is 52.7 Å². The Morgan fingerprint density at radius 2 is 1.59 bits per heavy atom. The highest BCUT2D eigenvalue weighted by Crippen LogP contribution is 2.04. The lowest BCUT2D eigenvalue weighted by Gasteiger charge is -2.22. The van der Waals surface area contributed by atoms with Crippen molar-refractivity contribution < 1.29 is 9.59 Å². The molecule has 0 radical (unpaired) electrons. The molecule has 98 valence electrons. The number of amides is 2. The summed E-state index contributed by atoms with van der Waals surface area (Å²) in [6, 6.07) is 0. The minimum Gasteiger partial charge on any atom is -0.341 e. The summed E-state index contributed by atoms with van der Waals surface area (Å²) < 4.78 is 0. The van der Waals surface area contributed by atoms with Gasteiger partial charge >= 0.3 is 0 Å². The van der Waals surface area contributed by atoms with Crippen molar-refractivity contribution >= 4 is 11.8 Å². The van der Waals surface area contributed by atoms with E-state index in [0.717, 1.165) is 26.1 Å². The van der Waals surface area contributed by atoms with E-state index in [1.807, 2.05) is 23.6 Å². The molecule has 1 heterocycles. The molecule has 5 heteroatoms. The zero-order chi connectivity index (χ0) is 12.7. The minimum atomic E-state index is 0.137. The van der Waals surface area contributed by atoms with Gasteiger partial charge in [-0.3, -0.25) is 9.59 Å². The summed E-state index contributed by atoms with van der Waals surface area (Å²) in [5, 5.41) is 3.04. The van der Waals surface area contributed by atoms with E-state index in [9.17, 15) is 9.59 Å².